The first-order valence-electron chi connectivity index (χ1n) is 11.7. The molecule has 1 aliphatic rings. The maximum atomic E-state index is 13.8. The molecule has 1 saturated heterocycles. The van der Waals surface area contributed by atoms with Crippen LogP contribution in [0.4, 0.5) is 9.52 Å². The van der Waals surface area contributed by atoms with Crippen molar-refractivity contribution in [2.45, 2.75) is 39.7 Å². The van der Waals surface area contributed by atoms with Crippen LogP contribution < -0.4 is 4.90 Å². The van der Waals surface area contributed by atoms with Gasteiger partial charge in [-0.05, 0) is 60.7 Å². The Morgan fingerprint density at radius 3 is 2.44 bits per heavy atom. The highest BCUT2D eigenvalue weighted by molar-refractivity contribution is 7.22. The fourth-order valence-electron chi connectivity index (χ4n) is 4.53. The van der Waals surface area contributed by atoms with E-state index in [-0.39, 0.29) is 16.5 Å². The number of aliphatic hydroxyl groups is 1. The van der Waals surface area contributed by atoms with Gasteiger partial charge in [-0.15, -0.1) is 0 Å². The number of amides is 1. The molecule has 1 aliphatic heterocycles. The lowest BCUT2D eigenvalue weighted by atomic mass is 9.92. The van der Waals surface area contributed by atoms with Crippen LogP contribution in [0.3, 0.4) is 0 Å². The Morgan fingerprint density at radius 1 is 1.03 bits per heavy atom. The zero-order valence-electron chi connectivity index (χ0n) is 20.4. The minimum atomic E-state index is -0.878. The van der Waals surface area contributed by atoms with Crippen LogP contribution in [-0.4, -0.2) is 21.8 Å². The number of carbonyl (C=O) groups is 2. The van der Waals surface area contributed by atoms with E-state index in [4.69, 9.17) is 0 Å². The molecular formula is C29H25FN2O3S. The monoisotopic (exact) mass is 500 g/mol. The van der Waals surface area contributed by atoms with Crippen molar-refractivity contribution in [3.63, 3.8) is 0 Å². The quantitative estimate of drug-likeness (QED) is 0.190. The van der Waals surface area contributed by atoms with E-state index < -0.39 is 23.5 Å². The molecule has 5 nitrogen and oxygen atoms in total. The molecule has 1 unspecified atom stereocenters. The number of rotatable bonds is 4. The average Bonchev–Trinajstić information content (AvgIpc) is 3.38. The van der Waals surface area contributed by atoms with Crippen LogP contribution in [0.2, 0.25) is 0 Å². The summed E-state index contributed by atoms with van der Waals surface area (Å²) >= 11 is 1.13. The molecule has 3 aromatic carbocycles. The summed E-state index contributed by atoms with van der Waals surface area (Å²) in [6.07, 6.45) is 0. The molecule has 0 radical (unpaired) electrons. The van der Waals surface area contributed by atoms with Gasteiger partial charge >= 0.3 is 5.91 Å². The highest BCUT2D eigenvalue weighted by Gasteiger charge is 2.48. The van der Waals surface area contributed by atoms with Gasteiger partial charge in [-0.1, -0.05) is 67.1 Å². The van der Waals surface area contributed by atoms with Crippen molar-refractivity contribution >= 4 is 44.1 Å². The van der Waals surface area contributed by atoms with Crippen molar-refractivity contribution in [1.29, 1.82) is 0 Å². The lowest BCUT2D eigenvalue weighted by Gasteiger charge is -2.23. The predicted molar refractivity (Wildman–Crippen MR) is 141 cm³/mol. The number of halogens is 1. The predicted octanol–water partition coefficient (Wildman–Crippen LogP) is 6.80. The number of carbonyl (C=O) groups excluding carboxylic acids is 2. The van der Waals surface area contributed by atoms with Gasteiger partial charge in [0.1, 0.15) is 11.6 Å². The van der Waals surface area contributed by atoms with Crippen LogP contribution in [-0.2, 0) is 9.59 Å². The maximum Gasteiger partial charge on any atom is 0.301 e. The molecule has 182 valence electrons. The minimum Gasteiger partial charge on any atom is -0.507 e. The fourth-order valence-corrected chi connectivity index (χ4v) is 5.55. The third-order valence-electron chi connectivity index (χ3n) is 6.56. The van der Waals surface area contributed by atoms with Crippen LogP contribution in [0.5, 0.6) is 0 Å². The molecule has 1 fully saturated rings. The number of anilines is 1. The normalized spacial score (nSPS) is 17.5. The SMILES string of the molecule is Cc1ccc(C)c(/C(O)=C2\C(=O)C(=O)N(c3nc4ccc(F)cc4s3)C2c2ccc(C(C)C)cc2)c1. The molecule has 2 heterocycles. The van der Waals surface area contributed by atoms with Crippen LogP contribution in [0.15, 0.2) is 66.2 Å². The second kappa shape index (κ2) is 8.99. The zero-order valence-corrected chi connectivity index (χ0v) is 21.2. The van der Waals surface area contributed by atoms with Gasteiger partial charge in [-0.2, -0.15) is 0 Å². The number of fused-ring (bicyclic) bond motifs is 1. The van der Waals surface area contributed by atoms with E-state index in [1.165, 1.54) is 17.0 Å². The molecule has 1 amide bonds. The van der Waals surface area contributed by atoms with Gasteiger partial charge in [-0.25, -0.2) is 9.37 Å². The van der Waals surface area contributed by atoms with Gasteiger partial charge in [0.05, 0.1) is 21.8 Å². The summed E-state index contributed by atoms with van der Waals surface area (Å²) in [4.78, 5) is 32.7. The van der Waals surface area contributed by atoms with E-state index >= 15 is 0 Å². The highest BCUT2D eigenvalue weighted by atomic mass is 32.1. The lowest BCUT2D eigenvalue weighted by Crippen LogP contribution is -2.29. The first kappa shape index (κ1) is 23.9. The Morgan fingerprint density at radius 2 is 1.75 bits per heavy atom. The highest BCUT2D eigenvalue weighted by Crippen LogP contribution is 2.44. The molecule has 1 N–H and O–H groups in total. The number of hydrogen-bond donors (Lipinski definition) is 1. The standard InChI is InChI=1S/C29H25FN2O3S/c1-15(2)18-7-9-19(10-8-18)25-24(26(33)21-13-16(3)5-6-17(21)4)27(34)28(35)32(25)29-31-22-12-11-20(30)14-23(22)36-29/h5-15,25,33H,1-4H3/b26-24+. The fraction of sp³-hybridized carbons (Fsp3) is 0.207. The van der Waals surface area contributed by atoms with Gasteiger partial charge in [0.15, 0.2) is 5.13 Å². The first-order valence-corrected chi connectivity index (χ1v) is 12.5. The third-order valence-corrected chi connectivity index (χ3v) is 7.57. The van der Waals surface area contributed by atoms with Crippen molar-refractivity contribution in [2.75, 3.05) is 4.90 Å². The van der Waals surface area contributed by atoms with Crippen LogP contribution in [0.1, 0.15) is 53.6 Å². The smallest absolute Gasteiger partial charge is 0.301 e. The second-order valence-corrected chi connectivity index (χ2v) is 10.4. The van der Waals surface area contributed by atoms with E-state index in [1.807, 2.05) is 50.2 Å². The molecule has 0 bridgehead atoms. The minimum absolute atomic E-state index is 0.0106. The summed E-state index contributed by atoms with van der Waals surface area (Å²) in [5, 5.41) is 11.7. The van der Waals surface area contributed by atoms with Crippen LogP contribution >= 0.6 is 11.3 Å². The molecule has 5 rings (SSSR count). The number of aryl methyl sites for hydroxylation is 2. The summed E-state index contributed by atoms with van der Waals surface area (Å²) in [6.45, 7) is 7.92. The molecule has 36 heavy (non-hydrogen) atoms. The molecule has 1 atom stereocenters. The number of benzene rings is 3. The van der Waals surface area contributed by atoms with Crippen molar-refractivity contribution < 1.29 is 19.1 Å². The molecule has 0 saturated carbocycles. The summed E-state index contributed by atoms with van der Waals surface area (Å²) in [5.74, 6) is -1.88. The number of aromatic nitrogens is 1. The van der Waals surface area contributed by atoms with Crippen molar-refractivity contribution in [3.05, 3.63) is 99.9 Å². The number of hydrogen-bond acceptors (Lipinski definition) is 5. The Bertz CT molecular complexity index is 1550. The molecule has 0 spiro atoms. The summed E-state index contributed by atoms with van der Waals surface area (Å²) < 4.78 is 14.4. The topological polar surface area (TPSA) is 70.5 Å². The Labute approximate surface area is 212 Å². The molecule has 7 heteroatoms. The molecule has 1 aromatic heterocycles. The molecular weight excluding hydrogens is 475 g/mol. The number of Topliss-reactive ketones (excluding diaryl/α,β-unsaturated/α-hetero) is 1. The number of thiazole rings is 1. The van der Waals surface area contributed by atoms with E-state index in [0.29, 0.717) is 27.3 Å². The van der Waals surface area contributed by atoms with Gasteiger partial charge in [0.2, 0.25) is 0 Å². The average molecular weight is 501 g/mol. The third kappa shape index (κ3) is 3.99. The largest absolute Gasteiger partial charge is 0.507 e. The Hall–Kier alpha value is -3.84. The van der Waals surface area contributed by atoms with Gasteiger partial charge in [0.25, 0.3) is 5.78 Å². The van der Waals surface area contributed by atoms with Crippen LogP contribution in [0, 0.1) is 19.7 Å². The van der Waals surface area contributed by atoms with Crippen molar-refractivity contribution in [1.82, 2.24) is 4.98 Å². The van der Waals surface area contributed by atoms with Gasteiger partial charge in [0, 0.05) is 5.56 Å². The summed E-state index contributed by atoms with van der Waals surface area (Å²) in [6, 6.07) is 16.6. The van der Waals surface area contributed by atoms with Crippen molar-refractivity contribution in [2.24, 2.45) is 0 Å². The van der Waals surface area contributed by atoms with Crippen LogP contribution in [0.25, 0.3) is 16.0 Å². The van der Waals surface area contributed by atoms with E-state index in [2.05, 4.69) is 18.8 Å². The molecule has 0 aliphatic carbocycles. The van der Waals surface area contributed by atoms with E-state index in [1.54, 1.807) is 12.1 Å². The van der Waals surface area contributed by atoms with E-state index in [9.17, 15) is 19.1 Å². The summed E-state index contributed by atoms with van der Waals surface area (Å²) in [7, 11) is 0. The van der Waals surface area contributed by atoms with Gasteiger partial charge in [-0.3, -0.25) is 14.5 Å². The Balaban J connectivity index is 1.74. The Kier molecular flexibility index (Phi) is 5.96. The number of ketones is 1. The molecule has 4 aromatic rings. The number of aliphatic hydroxyl groups excluding tert-OH is 1. The van der Waals surface area contributed by atoms with E-state index in [0.717, 1.165) is 28.0 Å². The summed E-state index contributed by atoms with van der Waals surface area (Å²) in [5.41, 5.74) is 4.54. The van der Waals surface area contributed by atoms with Crippen molar-refractivity contribution in [3.8, 4) is 0 Å². The first-order chi connectivity index (χ1) is 17.2. The zero-order chi connectivity index (χ0) is 25.7. The lowest BCUT2D eigenvalue weighted by molar-refractivity contribution is -0.132. The second-order valence-electron chi connectivity index (χ2n) is 9.42. The number of nitrogens with zero attached hydrogens (tertiary/aromatic N) is 2. The van der Waals surface area contributed by atoms with Gasteiger partial charge < -0.3 is 5.11 Å². The maximum absolute atomic E-state index is 13.8.